The van der Waals surface area contributed by atoms with Gasteiger partial charge in [-0.15, -0.1) is 0 Å². The number of hydrogen-bond donors (Lipinski definition) is 2. The highest BCUT2D eigenvalue weighted by Crippen LogP contribution is 2.33. The molecule has 0 saturated carbocycles. The van der Waals surface area contributed by atoms with Gasteiger partial charge in [0.1, 0.15) is 5.75 Å². The van der Waals surface area contributed by atoms with Gasteiger partial charge >= 0.3 is 0 Å². The fourth-order valence-corrected chi connectivity index (χ4v) is 2.65. The van der Waals surface area contributed by atoms with E-state index in [1.807, 2.05) is 6.26 Å². The molecule has 0 spiro atoms. The number of benzene rings is 1. The van der Waals surface area contributed by atoms with Crippen LogP contribution in [-0.2, 0) is 9.59 Å². The van der Waals surface area contributed by atoms with Gasteiger partial charge in [0.15, 0.2) is 6.10 Å². The maximum Gasteiger partial charge on any atom is 0.260 e. The molecule has 0 radical (unpaired) electrons. The van der Waals surface area contributed by atoms with Gasteiger partial charge in [-0.25, -0.2) is 0 Å². The molecule has 1 unspecified atom stereocenters. The molecule has 0 aromatic heterocycles. The van der Waals surface area contributed by atoms with Crippen molar-refractivity contribution >= 4 is 29.3 Å². The molecule has 1 heterocycles. The lowest BCUT2D eigenvalue weighted by Crippen LogP contribution is -2.53. The monoisotopic (exact) mass is 309 g/mol. The predicted octanol–water partition coefficient (Wildman–Crippen LogP) is 0.346. The Hall–Kier alpha value is -1.73. The van der Waals surface area contributed by atoms with Crippen LogP contribution in [0.3, 0.4) is 0 Å². The molecule has 7 heteroatoms. The van der Waals surface area contributed by atoms with Gasteiger partial charge in [0.05, 0.1) is 18.3 Å². The molecule has 2 atom stereocenters. The Morgan fingerprint density at radius 2 is 2.19 bits per heavy atom. The largest absolute Gasteiger partial charge is 0.477 e. The number of thioether (sulfide) groups is 1. The van der Waals surface area contributed by atoms with E-state index in [0.29, 0.717) is 17.9 Å². The highest BCUT2D eigenvalue weighted by atomic mass is 32.2. The fourth-order valence-electron chi connectivity index (χ4n) is 2.16. The van der Waals surface area contributed by atoms with Crippen LogP contribution in [0.15, 0.2) is 24.3 Å². The van der Waals surface area contributed by atoms with Gasteiger partial charge in [0.25, 0.3) is 5.91 Å². The van der Waals surface area contributed by atoms with Crippen LogP contribution in [0.4, 0.5) is 5.69 Å². The summed E-state index contributed by atoms with van der Waals surface area (Å²) in [5, 5.41) is 0. The lowest BCUT2D eigenvalue weighted by Gasteiger charge is -2.34. The third-order valence-corrected chi connectivity index (χ3v) is 3.95. The molecule has 6 nitrogen and oxygen atoms in total. The summed E-state index contributed by atoms with van der Waals surface area (Å²) in [7, 11) is 0. The van der Waals surface area contributed by atoms with Crippen molar-refractivity contribution in [3.8, 4) is 5.75 Å². The van der Waals surface area contributed by atoms with Crippen molar-refractivity contribution in [2.24, 2.45) is 11.5 Å². The number of nitrogens with two attached hydrogens (primary N) is 2. The van der Waals surface area contributed by atoms with Gasteiger partial charge in [-0.05, 0) is 30.6 Å². The Morgan fingerprint density at radius 1 is 1.48 bits per heavy atom. The number of amides is 2. The summed E-state index contributed by atoms with van der Waals surface area (Å²) in [5.74, 6) is 0.460. The van der Waals surface area contributed by atoms with Crippen LogP contribution in [0.1, 0.15) is 6.42 Å². The lowest BCUT2D eigenvalue weighted by molar-refractivity contribution is -0.125. The Bertz CT molecular complexity index is 538. The number of nitrogens with zero attached hydrogens (tertiary/aromatic N) is 1. The van der Waals surface area contributed by atoms with Crippen molar-refractivity contribution in [1.29, 1.82) is 0 Å². The van der Waals surface area contributed by atoms with Crippen molar-refractivity contribution in [3.63, 3.8) is 0 Å². The lowest BCUT2D eigenvalue weighted by atomic mass is 10.1. The number of hydrogen-bond acceptors (Lipinski definition) is 5. The van der Waals surface area contributed by atoms with E-state index in [4.69, 9.17) is 16.2 Å². The van der Waals surface area contributed by atoms with Crippen molar-refractivity contribution in [3.05, 3.63) is 24.3 Å². The molecule has 1 aromatic rings. The molecule has 114 valence electrons. The number of carbonyl (C=O) groups excluding carboxylic acids is 2. The van der Waals surface area contributed by atoms with Crippen LogP contribution < -0.4 is 21.1 Å². The minimum absolute atomic E-state index is 0.0954. The highest BCUT2D eigenvalue weighted by Gasteiger charge is 2.34. The fraction of sp³-hybridized carbons (Fsp3) is 0.429. The van der Waals surface area contributed by atoms with Gasteiger partial charge in [-0.3, -0.25) is 9.59 Å². The molecule has 4 N–H and O–H groups in total. The zero-order valence-corrected chi connectivity index (χ0v) is 12.6. The average molecular weight is 309 g/mol. The van der Waals surface area contributed by atoms with E-state index in [9.17, 15) is 9.59 Å². The summed E-state index contributed by atoms with van der Waals surface area (Å²) < 4.78 is 5.52. The average Bonchev–Trinajstić information content (AvgIpc) is 2.50. The third kappa shape index (κ3) is 3.48. The first kappa shape index (κ1) is 15.7. The minimum atomic E-state index is -0.850. The van der Waals surface area contributed by atoms with Crippen molar-refractivity contribution in [2.45, 2.75) is 18.6 Å². The molecule has 0 saturated heterocycles. The molecular formula is C14H19N3O3S. The quantitative estimate of drug-likeness (QED) is 0.817. The van der Waals surface area contributed by atoms with Crippen molar-refractivity contribution in [1.82, 2.24) is 0 Å². The van der Waals surface area contributed by atoms with E-state index >= 15 is 0 Å². The number of para-hydroxylation sites is 2. The second-order valence-corrected chi connectivity index (χ2v) is 5.80. The van der Waals surface area contributed by atoms with E-state index in [1.165, 1.54) is 4.90 Å². The number of fused-ring (bicyclic) bond motifs is 1. The Morgan fingerprint density at radius 3 is 2.86 bits per heavy atom. The summed E-state index contributed by atoms with van der Waals surface area (Å²) in [6.07, 6.45) is 1.70. The maximum atomic E-state index is 12.5. The van der Waals surface area contributed by atoms with Crippen LogP contribution in [0, 0.1) is 0 Å². The molecular weight excluding hydrogens is 290 g/mol. The second kappa shape index (κ2) is 6.82. The molecule has 0 aliphatic carbocycles. The Balaban J connectivity index is 2.24. The number of rotatable bonds is 5. The van der Waals surface area contributed by atoms with Gasteiger partial charge in [0, 0.05) is 0 Å². The Kier molecular flexibility index (Phi) is 5.08. The zero-order chi connectivity index (χ0) is 15.4. The van der Waals surface area contributed by atoms with E-state index in [-0.39, 0.29) is 12.5 Å². The first-order chi connectivity index (χ1) is 10.0. The Labute approximate surface area is 127 Å². The molecule has 1 aliphatic rings. The van der Waals surface area contributed by atoms with Crippen LogP contribution in [0.25, 0.3) is 0 Å². The smallest absolute Gasteiger partial charge is 0.260 e. The van der Waals surface area contributed by atoms with Crippen LogP contribution in [-0.4, -0.2) is 42.5 Å². The summed E-state index contributed by atoms with van der Waals surface area (Å²) in [5.41, 5.74) is 11.9. The molecule has 21 heavy (non-hydrogen) atoms. The van der Waals surface area contributed by atoms with E-state index < -0.39 is 18.1 Å². The number of ether oxygens (including phenoxy) is 1. The van der Waals surface area contributed by atoms with Gasteiger partial charge in [-0.1, -0.05) is 12.1 Å². The molecule has 2 amide bonds. The number of primary amides is 1. The predicted molar refractivity (Wildman–Crippen MR) is 83.4 cm³/mol. The van der Waals surface area contributed by atoms with Gasteiger partial charge in [0.2, 0.25) is 5.91 Å². The number of anilines is 1. The van der Waals surface area contributed by atoms with Crippen LogP contribution >= 0.6 is 11.8 Å². The van der Waals surface area contributed by atoms with E-state index in [2.05, 4.69) is 0 Å². The highest BCUT2D eigenvalue weighted by molar-refractivity contribution is 7.98. The summed E-state index contributed by atoms with van der Waals surface area (Å²) in [6.45, 7) is 0.0954. The SMILES string of the molecule is CSCC[C@@H](N)C(=O)N1CC(C(N)=O)Oc2ccccc21. The summed E-state index contributed by atoms with van der Waals surface area (Å²) in [6, 6.07) is 6.46. The normalized spacial score (nSPS) is 18.6. The minimum Gasteiger partial charge on any atom is -0.477 e. The topological polar surface area (TPSA) is 98.7 Å². The molecule has 2 rings (SSSR count). The number of carbonyl (C=O) groups is 2. The molecule has 0 fully saturated rings. The van der Waals surface area contributed by atoms with Gasteiger partial charge in [-0.2, -0.15) is 11.8 Å². The standard InChI is InChI=1S/C14H19N3O3S/c1-21-7-6-9(15)14(19)17-8-12(13(16)18)20-11-5-3-2-4-10(11)17/h2-5,9,12H,6-8,15H2,1H3,(H2,16,18)/t9-,12?/m1/s1. The zero-order valence-electron chi connectivity index (χ0n) is 11.8. The third-order valence-electron chi connectivity index (χ3n) is 3.31. The van der Waals surface area contributed by atoms with E-state index in [1.54, 1.807) is 36.0 Å². The molecule has 1 aromatic carbocycles. The van der Waals surface area contributed by atoms with Crippen LogP contribution in [0.2, 0.25) is 0 Å². The first-order valence-electron chi connectivity index (χ1n) is 6.65. The van der Waals surface area contributed by atoms with Crippen LogP contribution in [0.5, 0.6) is 5.75 Å². The van der Waals surface area contributed by atoms with Crippen molar-refractivity contribution in [2.75, 3.05) is 23.5 Å². The van der Waals surface area contributed by atoms with Gasteiger partial charge < -0.3 is 21.1 Å². The van der Waals surface area contributed by atoms with E-state index in [0.717, 1.165) is 5.75 Å². The molecule has 1 aliphatic heterocycles. The summed E-state index contributed by atoms with van der Waals surface area (Å²) in [4.78, 5) is 25.4. The second-order valence-electron chi connectivity index (χ2n) is 4.81. The van der Waals surface area contributed by atoms with Crippen molar-refractivity contribution < 1.29 is 14.3 Å². The first-order valence-corrected chi connectivity index (χ1v) is 8.05. The summed E-state index contributed by atoms with van der Waals surface area (Å²) >= 11 is 1.64. The molecule has 0 bridgehead atoms. The maximum absolute atomic E-state index is 12.5.